The monoisotopic (exact) mass is 380 g/mol. The molecule has 4 aromatic rings. The normalized spacial score (nSPS) is 12.8. The third-order valence-corrected chi connectivity index (χ3v) is 4.31. The zero-order valence-corrected chi connectivity index (χ0v) is 13.4. The van der Waals surface area contributed by atoms with Crippen LogP contribution in [0.15, 0.2) is 54.7 Å². The number of para-hydroxylation sites is 2. The molecule has 0 aliphatic rings. The van der Waals surface area contributed by atoms with Crippen molar-refractivity contribution in [3.8, 4) is 11.1 Å². The van der Waals surface area contributed by atoms with Gasteiger partial charge in [0, 0.05) is 28.0 Å². The van der Waals surface area contributed by atoms with E-state index in [0.29, 0.717) is 16.5 Å². The van der Waals surface area contributed by atoms with E-state index in [4.69, 9.17) is 0 Å². The summed E-state index contributed by atoms with van der Waals surface area (Å²) in [5.74, 6) is 0. The Balaban J connectivity index is 2.14. The molecule has 4 rings (SSSR count). The molecule has 27 heavy (non-hydrogen) atoms. The van der Waals surface area contributed by atoms with Gasteiger partial charge in [0.1, 0.15) is 5.69 Å². The lowest BCUT2D eigenvalue weighted by molar-refractivity contribution is -0.142. The van der Waals surface area contributed by atoms with Crippen molar-refractivity contribution in [1.29, 1.82) is 0 Å². The van der Waals surface area contributed by atoms with Gasteiger partial charge in [-0.25, -0.2) is 4.98 Å². The number of alkyl halides is 6. The van der Waals surface area contributed by atoms with E-state index in [1.165, 1.54) is 18.3 Å². The first kappa shape index (κ1) is 17.4. The molecule has 0 unspecified atom stereocenters. The van der Waals surface area contributed by atoms with Crippen LogP contribution in [-0.2, 0) is 12.4 Å². The molecule has 0 bridgehead atoms. The van der Waals surface area contributed by atoms with Crippen LogP contribution in [0.1, 0.15) is 11.3 Å². The summed E-state index contributed by atoms with van der Waals surface area (Å²) in [5, 5.41) is 0.609. The van der Waals surface area contributed by atoms with Crippen LogP contribution in [0, 0.1) is 0 Å². The number of benzene rings is 2. The second-order valence-electron chi connectivity index (χ2n) is 6.00. The van der Waals surface area contributed by atoms with Gasteiger partial charge in [-0.3, -0.25) is 0 Å². The molecule has 8 heteroatoms. The summed E-state index contributed by atoms with van der Waals surface area (Å²) in [5.41, 5.74) is -2.21. The maximum absolute atomic E-state index is 13.3. The summed E-state index contributed by atoms with van der Waals surface area (Å²) in [6, 6.07) is 10.9. The molecule has 138 valence electrons. The molecule has 0 radical (unpaired) electrons. The number of nitrogens with one attached hydrogen (secondary N) is 1. The second kappa shape index (κ2) is 5.73. The Morgan fingerprint density at radius 1 is 0.741 bits per heavy atom. The number of fused-ring (bicyclic) bond motifs is 2. The molecule has 0 atom stereocenters. The second-order valence-corrected chi connectivity index (χ2v) is 6.00. The predicted molar refractivity (Wildman–Crippen MR) is 89.0 cm³/mol. The predicted octanol–water partition coefficient (Wildman–Crippen LogP) is 6.42. The van der Waals surface area contributed by atoms with Crippen molar-refractivity contribution in [3.63, 3.8) is 0 Å². The first-order valence-corrected chi connectivity index (χ1v) is 7.81. The molecule has 0 fully saturated rings. The molecule has 1 N–H and O–H groups in total. The van der Waals surface area contributed by atoms with Crippen LogP contribution >= 0.6 is 0 Å². The smallest absolute Gasteiger partial charge is 0.361 e. The van der Waals surface area contributed by atoms with E-state index in [1.54, 1.807) is 24.3 Å². The number of pyridine rings is 1. The van der Waals surface area contributed by atoms with Gasteiger partial charge in [-0.2, -0.15) is 26.3 Å². The number of aromatic nitrogens is 2. The number of H-pyrrole nitrogens is 1. The van der Waals surface area contributed by atoms with Crippen LogP contribution in [0.5, 0.6) is 0 Å². The minimum atomic E-state index is -4.88. The van der Waals surface area contributed by atoms with Crippen LogP contribution in [0.25, 0.3) is 32.9 Å². The molecule has 2 heterocycles. The lowest BCUT2D eigenvalue weighted by Gasteiger charge is -2.15. The highest BCUT2D eigenvalue weighted by molar-refractivity contribution is 6.05. The van der Waals surface area contributed by atoms with Gasteiger partial charge in [0.2, 0.25) is 0 Å². The zero-order chi connectivity index (χ0) is 19.4. The van der Waals surface area contributed by atoms with E-state index < -0.39 is 29.1 Å². The van der Waals surface area contributed by atoms with Crippen molar-refractivity contribution in [2.45, 2.75) is 12.4 Å². The number of halogens is 6. The van der Waals surface area contributed by atoms with Crippen molar-refractivity contribution in [2.24, 2.45) is 0 Å². The fraction of sp³-hybridized carbons (Fsp3) is 0.105. The standard InChI is InChI=1S/C19H10F6N2/c20-18(21,22)14-6-3-5-11-12(8-16(19(23,24)25)27-17(11)14)13-9-26-15-7-2-1-4-10(13)15/h1-9,26H. The van der Waals surface area contributed by atoms with Gasteiger partial charge in [-0.15, -0.1) is 0 Å². The van der Waals surface area contributed by atoms with E-state index in [9.17, 15) is 26.3 Å². The summed E-state index contributed by atoms with van der Waals surface area (Å²) in [6.45, 7) is 0. The molecule has 0 saturated carbocycles. The van der Waals surface area contributed by atoms with Gasteiger partial charge in [-0.1, -0.05) is 30.3 Å². The van der Waals surface area contributed by atoms with Gasteiger partial charge in [-0.05, 0) is 23.8 Å². The average Bonchev–Trinajstić information content (AvgIpc) is 3.02. The molecule has 0 amide bonds. The molecule has 0 aliphatic heterocycles. The van der Waals surface area contributed by atoms with Crippen LogP contribution in [0.3, 0.4) is 0 Å². The Kier molecular flexibility index (Phi) is 3.69. The molecule has 0 aliphatic carbocycles. The van der Waals surface area contributed by atoms with Crippen LogP contribution < -0.4 is 0 Å². The molecule has 0 saturated heterocycles. The highest BCUT2D eigenvalue weighted by atomic mass is 19.4. The van der Waals surface area contributed by atoms with E-state index in [1.807, 2.05) is 0 Å². The van der Waals surface area contributed by atoms with E-state index >= 15 is 0 Å². The van der Waals surface area contributed by atoms with Crippen molar-refractivity contribution in [3.05, 3.63) is 66.0 Å². The number of hydrogen-bond acceptors (Lipinski definition) is 1. The minimum Gasteiger partial charge on any atom is -0.361 e. The highest BCUT2D eigenvalue weighted by Gasteiger charge is 2.37. The van der Waals surface area contributed by atoms with Gasteiger partial charge in [0.25, 0.3) is 0 Å². The summed E-state index contributed by atoms with van der Waals surface area (Å²) >= 11 is 0. The van der Waals surface area contributed by atoms with Crippen LogP contribution in [0.2, 0.25) is 0 Å². The third kappa shape index (κ3) is 2.90. The summed E-state index contributed by atoms with van der Waals surface area (Å²) in [6.07, 6.45) is -8.22. The third-order valence-electron chi connectivity index (χ3n) is 4.31. The quantitative estimate of drug-likeness (QED) is 0.379. The molecule has 2 aromatic heterocycles. The summed E-state index contributed by atoms with van der Waals surface area (Å²) < 4.78 is 80.0. The Labute approximate surface area is 148 Å². The van der Waals surface area contributed by atoms with Gasteiger partial charge >= 0.3 is 12.4 Å². The number of nitrogens with zero attached hydrogens (tertiary/aromatic N) is 1. The molecule has 0 spiro atoms. The Morgan fingerprint density at radius 2 is 1.44 bits per heavy atom. The molecule has 2 nitrogen and oxygen atoms in total. The number of aromatic amines is 1. The topological polar surface area (TPSA) is 28.7 Å². The van der Waals surface area contributed by atoms with E-state index in [-0.39, 0.29) is 10.9 Å². The Morgan fingerprint density at radius 3 is 2.15 bits per heavy atom. The minimum absolute atomic E-state index is 0.00239. The van der Waals surface area contributed by atoms with Crippen molar-refractivity contribution >= 4 is 21.8 Å². The highest BCUT2D eigenvalue weighted by Crippen LogP contribution is 2.41. The first-order chi connectivity index (χ1) is 12.7. The van der Waals surface area contributed by atoms with Gasteiger partial charge in [0.15, 0.2) is 0 Å². The first-order valence-electron chi connectivity index (χ1n) is 7.81. The summed E-state index contributed by atoms with van der Waals surface area (Å²) in [7, 11) is 0. The summed E-state index contributed by atoms with van der Waals surface area (Å²) in [4.78, 5) is 6.24. The average molecular weight is 380 g/mol. The Bertz CT molecular complexity index is 1150. The van der Waals surface area contributed by atoms with Gasteiger partial charge < -0.3 is 4.98 Å². The maximum Gasteiger partial charge on any atom is 0.433 e. The SMILES string of the molecule is FC(F)(F)c1cc(-c2c[nH]c3ccccc23)c2cccc(C(F)(F)F)c2n1. The lowest BCUT2D eigenvalue weighted by Crippen LogP contribution is -2.12. The Hall–Kier alpha value is -3.03. The number of hydrogen-bond donors (Lipinski definition) is 1. The van der Waals surface area contributed by atoms with E-state index in [0.717, 1.165) is 12.1 Å². The molecular weight excluding hydrogens is 370 g/mol. The molecular formula is C19H10F6N2. The molecule has 2 aromatic carbocycles. The van der Waals surface area contributed by atoms with Crippen LogP contribution in [0.4, 0.5) is 26.3 Å². The zero-order valence-electron chi connectivity index (χ0n) is 13.4. The van der Waals surface area contributed by atoms with Crippen molar-refractivity contribution < 1.29 is 26.3 Å². The fourth-order valence-electron chi connectivity index (χ4n) is 3.14. The van der Waals surface area contributed by atoms with Crippen molar-refractivity contribution in [1.82, 2.24) is 9.97 Å². The number of rotatable bonds is 1. The lowest BCUT2D eigenvalue weighted by atomic mass is 9.97. The fourth-order valence-corrected chi connectivity index (χ4v) is 3.14. The van der Waals surface area contributed by atoms with Gasteiger partial charge in [0.05, 0.1) is 11.1 Å². The largest absolute Gasteiger partial charge is 0.433 e. The van der Waals surface area contributed by atoms with Crippen molar-refractivity contribution in [2.75, 3.05) is 0 Å². The van der Waals surface area contributed by atoms with Crippen LogP contribution in [-0.4, -0.2) is 9.97 Å². The van der Waals surface area contributed by atoms with E-state index in [2.05, 4.69) is 9.97 Å². The maximum atomic E-state index is 13.3.